The molecule has 32 heavy (non-hydrogen) atoms. The third kappa shape index (κ3) is 5.75. The molecule has 0 radical (unpaired) electrons. The SMILES string of the molecule is C=CC(=O)N1CCCCC1.NC(=O)c1c(N)n[nH]c1-c1ccc(Oc2ccccc2)cc1. The number of ether oxygens (including phenoxy) is 1. The second kappa shape index (κ2) is 10.8. The second-order valence-electron chi connectivity index (χ2n) is 7.25. The maximum Gasteiger partial charge on any atom is 0.254 e. The summed E-state index contributed by atoms with van der Waals surface area (Å²) in [6, 6.07) is 16.7. The minimum Gasteiger partial charge on any atom is -0.457 e. The number of carbonyl (C=O) groups is 2. The number of likely N-dealkylation sites (tertiary alicyclic amines) is 1. The number of piperidine rings is 1. The number of primary amides is 1. The van der Waals surface area contributed by atoms with E-state index in [9.17, 15) is 9.59 Å². The molecule has 1 aliphatic rings. The number of nitrogens with one attached hydrogen (secondary N) is 1. The van der Waals surface area contributed by atoms with E-state index in [1.807, 2.05) is 35.2 Å². The van der Waals surface area contributed by atoms with Crippen LogP contribution in [-0.4, -0.2) is 40.0 Å². The Morgan fingerprint density at radius 1 is 1.00 bits per heavy atom. The third-order valence-electron chi connectivity index (χ3n) is 5.00. The van der Waals surface area contributed by atoms with E-state index in [2.05, 4.69) is 16.8 Å². The molecule has 0 atom stereocenters. The van der Waals surface area contributed by atoms with Crippen LogP contribution in [0.15, 0.2) is 67.3 Å². The first-order valence-corrected chi connectivity index (χ1v) is 10.4. The summed E-state index contributed by atoms with van der Waals surface area (Å²) < 4.78 is 5.71. The van der Waals surface area contributed by atoms with Crippen LogP contribution in [0.2, 0.25) is 0 Å². The molecule has 8 heteroatoms. The number of amides is 2. The summed E-state index contributed by atoms with van der Waals surface area (Å²) in [7, 11) is 0. The minimum absolute atomic E-state index is 0.0831. The maximum absolute atomic E-state index is 11.4. The van der Waals surface area contributed by atoms with Gasteiger partial charge in [-0.1, -0.05) is 24.8 Å². The molecule has 0 spiro atoms. The van der Waals surface area contributed by atoms with Crippen LogP contribution in [0.3, 0.4) is 0 Å². The van der Waals surface area contributed by atoms with Gasteiger partial charge in [0.2, 0.25) is 5.91 Å². The number of anilines is 1. The molecular weight excluding hydrogens is 406 g/mol. The van der Waals surface area contributed by atoms with Gasteiger partial charge in [-0.3, -0.25) is 14.7 Å². The van der Waals surface area contributed by atoms with Crippen molar-refractivity contribution in [2.75, 3.05) is 18.8 Å². The first kappa shape index (κ1) is 22.6. The Bertz CT molecular complexity index is 1050. The maximum atomic E-state index is 11.4. The summed E-state index contributed by atoms with van der Waals surface area (Å²) in [5, 5.41) is 6.55. The molecule has 0 unspecified atom stereocenters. The molecule has 4 rings (SSSR count). The first-order valence-electron chi connectivity index (χ1n) is 10.4. The monoisotopic (exact) mass is 433 g/mol. The van der Waals surface area contributed by atoms with E-state index in [1.165, 1.54) is 12.5 Å². The van der Waals surface area contributed by atoms with E-state index in [0.29, 0.717) is 11.4 Å². The summed E-state index contributed by atoms with van der Waals surface area (Å²) in [5.74, 6) is 0.986. The quantitative estimate of drug-likeness (QED) is 0.528. The lowest BCUT2D eigenvalue weighted by molar-refractivity contribution is -0.126. The smallest absolute Gasteiger partial charge is 0.254 e. The van der Waals surface area contributed by atoms with Gasteiger partial charge in [0, 0.05) is 18.7 Å². The highest BCUT2D eigenvalue weighted by Gasteiger charge is 2.17. The number of hydrogen-bond donors (Lipinski definition) is 3. The topological polar surface area (TPSA) is 127 Å². The summed E-state index contributed by atoms with van der Waals surface area (Å²) >= 11 is 0. The fourth-order valence-electron chi connectivity index (χ4n) is 3.37. The van der Waals surface area contributed by atoms with Gasteiger partial charge in [-0.2, -0.15) is 5.10 Å². The molecule has 1 aromatic heterocycles. The molecule has 2 heterocycles. The van der Waals surface area contributed by atoms with Crippen molar-refractivity contribution in [1.82, 2.24) is 15.1 Å². The van der Waals surface area contributed by atoms with Crippen LogP contribution in [-0.2, 0) is 4.79 Å². The Morgan fingerprint density at radius 3 is 2.22 bits per heavy atom. The minimum atomic E-state index is -0.620. The van der Waals surface area contributed by atoms with Crippen molar-refractivity contribution in [2.45, 2.75) is 19.3 Å². The van der Waals surface area contributed by atoms with E-state index in [0.717, 1.165) is 37.2 Å². The van der Waals surface area contributed by atoms with Gasteiger partial charge in [0.1, 0.15) is 17.1 Å². The zero-order chi connectivity index (χ0) is 22.9. The first-order chi connectivity index (χ1) is 15.5. The predicted molar refractivity (Wildman–Crippen MR) is 124 cm³/mol. The molecule has 0 bridgehead atoms. The normalized spacial score (nSPS) is 12.9. The lowest BCUT2D eigenvalue weighted by Gasteiger charge is -2.25. The molecule has 2 amide bonds. The van der Waals surface area contributed by atoms with Crippen molar-refractivity contribution in [3.05, 3.63) is 72.8 Å². The zero-order valence-electron chi connectivity index (χ0n) is 17.8. The number of nitrogens with zero attached hydrogens (tertiary/aromatic N) is 2. The molecule has 5 N–H and O–H groups in total. The van der Waals surface area contributed by atoms with Crippen LogP contribution in [0.4, 0.5) is 5.82 Å². The molecule has 3 aromatic rings. The number of H-pyrrole nitrogens is 1. The Kier molecular flexibility index (Phi) is 7.64. The molecule has 0 saturated carbocycles. The van der Waals surface area contributed by atoms with Gasteiger partial charge < -0.3 is 21.1 Å². The zero-order valence-corrected chi connectivity index (χ0v) is 17.8. The molecule has 1 fully saturated rings. The van der Waals surface area contributed by atoms with Crippen molar-refractivity contribution in [3.8, 4) is 22.8 Å². The van der Waals surface area contributed by atoms with Crippen LogP contribution in [0.5, 0.6) is 11.5 Å². The summed E-state index contributed by atoms with van der Waals surface area (Å²) in [5.41, 5.74) is 12.4. The van der Waals surface area contributed by atoms with Crippen molar-refractivity contribution in [1.29, 1.82) is 0 Å². The molecule has 1 saturated heterocycles. The van der Waals surface area contributed by atoms with E-state index < -0.39 is 5.91 Å². The summed E-state index contributed by atoms with van der Waals surface area (Å²) in [4.78, 5) is 24.3. The molecular formula is C24H27N5O3. The van der Waals surface area contributed by atoms with Gasteiger partial charge in [-0.15, -0.1) is 0 Å². The van der Waals surface area contributed by atoms with E-state index in [1.54, 1.807) is 24.3 Å². The molecule has 166 valence electrons. The lowest BCUT2D eigenvalue weighted by Crippen LogP contribution is -2.34. The molecule has 8 nitrogen and oxygen atoms in total. The van der Waals surface area contributed by atoms with Gasteiger partial charge in [0.25, 0.3) is 5.91 Å². The number of para-hydroxylation sites is 1. The Labute approximate surface area is 186 Å². The van der Waals surface area contributed by atoms with E-state index >= 15 is 0 Å². The van der Waals surface area contributed by atoms with Crippen molar-refractivity contribution in [3.63, 3.8) is 0 Å². The number of nitrogens with two attached hydrogens (primary N) is 2. The van der Waals surface area contributed by atoms with Gasteiger partial charge in [-0.05, 0) is 61.7 Å². The highest BCUT2D eigenvalue weighted by molar-refractivity contribution is 6.03. The van der Waals surface area contributed by atoms with Gasteiger partial charge in [0.15, 0.2) is 5.82 Å². The average Bonchev–Trinajstić information content (AvgIpc) is 3.22. The van der Waals surface area contributed by atoms with Crippen LogP contribution in [0.1, 0.15) is 29.6 Å². The number of hydrogen-bond acceptors (Lipinski definition) is 5. The Hall–Kier alpha value is -4.07. The van der Waals surface area contributed by atoms with Crippen LogP contribution < -0.4 is 16.2 Å². The number of nitrogen functional groups attached to an aromatic ring is 1. The Morgan fingerprint density at radius 2 is 1.62 bits per heavy atom. The van der Waals surface area contributed by atoms with Gasteiger partial charge in [-0.25, -0.2) is 0 Å². The van der Waals surface area contributed by atoms with Crippen LogP contribution >= 0.6 is 0 Å². The van der Waals surface area contributed by atoms with Crippen LogP contribution in [0.25, 0.3) is 11.3 Å². The summed E-state index contributed by atoms with van der Waals surface area (Å²) in [6.45, 7) is 5.29. The van der Waals surface area contributed by atoms with Gasteiger partial charge in [0.05, 0.1) is 5.69 Å². The average molecular weight is 434 g/mol. The lowest BCUT2D eigenvalue weighted by atomic mass is 10.1. The number of aromatic nitrogens is 2. The van der Waals surface area contributed by atoms with E-state index in [4.69, 9.17) is 16.2 Å². The number of carbonyl (C=O) groups excluding carboxylic acids is 2. The largest absolute Gasteiger partial charge is 0.457 e. The van der Waals surface area contributed by atoms with Crippen LogP contribution in [0, 0.1) is 0 Å². The fraction of sp³-hybridized carbons (Fsp3) is 0.208. The standard InChI is InChI=1S/C16H14N4O2.C8H13NO/c17-15-13(16(18)21)14(19-20-15)10-6-8-12(9-7-10)22-11-4-2-1-3-5-11;1-2-8(10)9-6-4-3-5-7-9/h1-9H,(H2,18,21)(H3,17,19,20);2H,1,3-7H2. The number of benzene rings is 2. The van der Waals surface area contributed by atoms with E-state index in [-0.39, 0.29) is 17.3 Å². The highest BCUT2D eigenvalue weighted by Crippen LogP contribution is 2.28. The second-order valence-corrected chi connectivity index (χ2v) is 7.25. The third-order valence-corrected chi connectivity index (χ3v) is 5.00. The molecule has 0 aliphatic carbocycles. The predicted octanol–water partition coefficient (Wildman–Crippen LogP) is 3.74. The molecule has 2 aromatic carbocycles. The highest BCUT2D eigenvalue weighted by atomic mass is 16.5. The van der Waals surface area contributed by atoms with Crippen molar-refractivity contribution >= 4 is 17.6 Å². The van der Waals surface area contributed by atoms with Crippen molar-refractivity contribution < 1.29 is 14.3 Å². The number of rotatable bonds is 5. The van der Waals surface area contributed by atoms with Crippen molar-refractivity contribution in [2.24, 2.45) is 5.73 Å². The molecule has 1 aliphatic heterocycles. The summed E-state index contributed by atoms with van der Waals surface area (Å²) in [6.07, 6.45) is 4.96. The Balaban J connectivity index is 0.000000243. The number of aromatic amines is 1. The van der Waals surface area contributed by atoms with Gasteiger partial charge >= 0.3 is 0 Å². The fourth-order valence-corrected chi connectivity index (χ4v) is 3.37.